The molecular weight excluding hydrogens is 689 g/mol. The lowest BCUT2D eigenvalue weighted by molar-refractivity contribution is -0.137. The number of morpholine rings is 2. The van der Waals surface area contributed by atoms with Gasteiger partial charge >= 0.3 is 6.18 Å². The quantitative estimate of drug-likeness (QED) is 0.239. The summed E-state index contributed by atoms with van der Waals surface area (Å²) in [4.78, 5) is 60.7. The zero-order valence-corrected chi connectivity index (χ0v) is 27.8. The van der Waals surface area contributed by atoms with Gasteiger partial charge < -0.3 is 45.0 Å². The lowest BCUT2D eigenvalue weighted by atomic mass is 10.1. The molecule has 0 saturated carbocycles. The number of pyridine rings is 1. The number of anilines is 3. The van der Waals surface area contributed by atoms with E-state index in [0.29, 0.717) is 51.4 Å². The average molecular weight is 725 g/mol. The number of rotatable bonds is 8. The Morgan fingerprint density at radius 3 is 2.37 bits per heavy atom. The minimum absolute atomic E-state index is 0.0420. The first-order chi connectivity index (χ1) is 25.0. The fourth-order valence-electron chi connectivity index (χ4n) is 6.24. The molecule has 274 valence electrons. The number of para-hydroxylation sites is 1. The molecule has 1 unspecified atom stereocenters. The molecule has 52 heavy (non-hydrogen) atoms. The van der Waals surface area contributed by atoms with Gasteiger partial charge in [-0.3, -0.25) is 14.4 Å². The number of piperazine rings is 1. The third kappa shape index (κ3) is 7.60. The molecule has 3 fully saturated rings. The molecule has 1 atom stereocenters. The number of ether oxygens (including phenoxy) is 2. The Morgan fingerprint density at radius 2 is 1.69 bits per heavy atom. The molecule has 6 heterocycles. The second kappa shape index (κ2) is 14.7. The zero-order chi connectivity index (χ0) is 36.4. The molecule has 3 amide bonds. The summed E-state index contributed by atoms with van der Waals surface area (Å²) in [6.07, 6.45) is -4.31. The van der Waals surface area contributed by atoms with Gasteiger partial charge in [-0.1, -0.05) is 12.1 Å². The highest BCUT2D eigenvalue weighted by atomic mass is 19.4. The standard InChI is InChI=1S/C33H35F3N10O6/c34-33(35,36)23-16-25(40-26(47)15-20-17-38-4-11-51-20)39-18-22(23)29-41-31(43-32(42-29)46-9-12-50-13-10-46)45-7-5-44(6-8-45)30(49)24-14-19-2-1-3-21(28(37)48)27(19)52-24/h1-3,14,16,18,20,38H,4-13,15,17H2,(H2,37,48)(H,39,40,47). The number of carbonyl (C=O) groups is 3. The van der Waals surface area contributed by atoms with Crippen LogP contribution < -0.4 is 26.2 Å². The van der Waals surface area contributed by atoms with Gasteiger partial charge in [0, 0.05) is 63.9 Å². The number of fused-ring (bicyclic) bond motifs is 1. The molecule has 3 aliphatic rings. The van der Waals surface area contributed by atoms with E-state index in [4.69, 9.17) is 19.6 Å². The van der Waals surface area contributed by atoms with Crippen LogP contribution in [0.25, 0.3) is 22.4 Å². The van der Waals surface area contributed by atoms with Gasteiger partial charge in [0.1, 0.15) is 11.4 Å². The highest BCUT2D eigenvalue weighted by molar-refractivity contribution is 6.06. The number of halogens is 3. The minimum atomic E-state index is -4.85. The number of nitrogens with two attached hydrogens (primary N) is 1. The van der Waals surface area contributed by atoms with Gasteiger partial charge in [-0.15, -0.1) is 0 Å². The Hall–Kier alpha value is -5.40. The minimum Gasteiger partial charge on any atom is -0.450 e. The third-order valence-electron chi connectivity index (χ3n) is 8.91. The maximum absolute atomic E-state index is 14.6. The predicted octanol–water partition coefficient (Wildman–Crippen LogP) is 1.91. The van der Waals surface area contributed by atoms with Crippen molar-refractivity contribution in [2.24, 2.45) is 5.73 Å². The van der Waals surface area contributed by atoms with Crippen LogP contribution in [0.4, 0.5) is 30.9 Å². The van der Waals surface area contributed by atoms with Crippen LogP contribution in [0.2, 0.25) is 0 Å². The molecule has 4 aromatic rings. The summed E-state index contributed by atoms with van der Waals surface area (Å²) < 4.78 is 60.5. The summed E-state index contributed by atoms with van der Waals surface area (Å²) in [7, 11) is 0. The molecule has 3 saturated heterocycles. The van der Waals surface area contributed by atoms with Gasteiger partial charge in [0.25, 0.3) is 11.8 Å². The van der Waals surface area contributed by atoms with Crippen LogP contribution in [0.3, 0.4) is 0 Å². The lowest BCUT2D eigenvalue weighted by Gasteiger charge is -2.35. The van der Waals surface area contributed by atoms with E-state index in [1.165, 1.54) is 6.07 Å². The fraction of sp³-hybridized carbons (Fsp3) is 0.424. The van der Waals surface area contributed by atoms with E-state index in [-0.39, 0.29) is 73.0 Å². The van der Waals surface area contributed by atoms with Crippen molar-refractivity contribution < 1.29 is 41.4 Å². The summed E-state index contributed by atoms with van der Waals surface area (Å²) >= 11 is 0. The van der Waals surface area contributed by atoms with Crippen molar-refractivity contribution in [2.45, 2.75) is 18.7 Å². The van der Waals surface area contributed by atoms with Crippen molar-refractivity contribution in [1.82, 2.24) is 30.2 Å². The van der Waals surface area contributed by atoms with Crippen LogP contribution in [0, 0.1) is 0 Å². The molecule has 0 bridgehead atoms. The van der Waals surface area contributed by atoms with E-state index < -0.39 is 41.1 Å². The molecule has 7 rings (SSSR count). The predicted molar refractivity (Wildman–Crippen MR) is 180 cm³/mol. The van der Waals surface area contributed by atoms with Gasteiger partial charge in [-0.2, -0.15) is 28.1 Å². The van der Waals surface area contributed by atoms with Gasteiger partial charge in [0.15, 0.2) is 11.6 Å². The first-order valence-electron chi connectivity index (χ1n) is 16.7. The van der Waals surface area contributed by atoms with Gasteiger partial charge in [-0.05, 0) is 18.2 Å². The number of primary amides is 1. The van der Waals surface area contributed by atoms with Gasteiger partial charge in [0.05, 0.1) is 49.0 Å². The summed E-state index contributed by atoms with van der Waals surface area (Å²) in [6.45, 7) is 4.06. The van der Waals surface area contributed by atoms with Crippen LogP contribution in [0.5, 0.6) is 0 Å². The maximum atomic E-state index is 14.6. The highest BCUT2D eigenvalue weighted by Gasteiger charge is 2.36. The molecule has 0 aliphatic carbocycles. The van der Waals surface area contributed by atoms with E-state index in [9.17, 15) is 27.6 Å². The van der Waals surface area contributed by atoms with Crippen molar-refractivity contribution in [3.63, 3.8) is 0 Å². The Kier molecular flexibility index (Phi) is 9.89. The number of hydrogen-bond donors (Lipinski definition) is 3. The Labute approximate surface area is 294 Å². The number of benzene rings is 1. The number of carbonyl (C=O) groups excluding carboxylic acids is 3. The van der Waals surface area contributed by atoms with E-state index in [2.05, 4.69) is 30.6 Å². The fourth-order valence-corrected chi connectivity index (χ4v) is 6.24. The third-order valence-corrected chi connectivity index (χ3v) is 8.91. The van der Waals surface area contributed by atoms with E-state index in [0.717, 1.165) is 12.3 Å². The van der Waals surface area contributed by atoms with Crippen LogP contribution in [-0.2, 0) is 20.4 Å². The zero-order valence-electron chi connectivity index (χ0n) is 27.8. The molecule has 3 aliphatic heterocycles. The van der Waals surface area contributed by atoms with Crippen molar-refractivity contribution in [3.05, 3.63) is 53.4 Å². The SMILES string of the molecule is NC(=O)c1cccc2cc(C(=O)N3CCN(c4nc(-c5cnc(NC(=O)CC6CNCCO6)cc5C(F)(F)F)nc(N5CCOCC5)n4)CC3)oc12. The highest BCUT2D eigenvalue weighted by Crippen LogP contribution is 2.38. The normalized spacial score (nSPS) is 18.4. The summed E-state index contributed by atoms with van der Waals surface area (Å²) in [5, 5.41) is 6.10. The molecule has 19 heteroatoms. The van der Waals surface area contributed by atoms with Crippen molar-refractivity contribution in [2.75, 3.05) is 87.3 Å². The Morgan fingerprint density at radius 1 is 0.962 bits per heavy atom. The number of hydrogen-bond acceptors (Lipinski definition) is 13. The van der Waals surface area contributed by atoms with Crippen LogP contribution in [-0.4, -0.2) is 121 Å². The average Bonchev–Trinajstić information content (AvgIpc) is 3.59. The number of nitrogens with zero attached hydrogens (tertiary/aromatic N) is 7. The molecule has 0 spiro atoms. The second-order valence-corrected chi connectivity index (χ2v) is 12.4. The van der Waals surface area contributed by atoms with Crippen LogP contribution >= 0.6 is 0 Å². The van der Waals surface area contributed by atoms with Crippen LogP contribution in [0.1, 0.15) is 32.9 Å². The maximum Gasteiger partial charge on any atom is 0.417 e. The summed E-state index contributed by atoms with van der Waals surface area (Å²) in [5.41, 5.74) is 4.37. The first kappa shape index (κ1) is 35.0. The smallest absolute Gasteiger partial charge is 0.417 e. The van der Waals surface area contributed by atoms with Crippen LogP contribution in [0.15, 0.2) is 40.9 Å². The molecule has 1 aromatic carbocycles. The summed E-state index contributed by atoms with van der Waals surface area (Å²) in [6, 6.07) is 7.18. The Balaban J connectivity index is 1.13. The topological polar surface area (TPSA) is 194 Å². The lowest BCUT2D eigenvalue weighted by Crippen LogP contribution is -2.49. The van der Waals surface area contributed by atoms with Crippen molar-refractivity contribution in [3.8, 4) is 11.4 Å². The van der Waals surface area contributed by atoms with Crippen molar-refractivity contribution in [1.29, 1.82) is 0 Å². The molecule has 16 nitrogen and oxygen atoms in total. The number of amides is 3. The van der Waals surface area contributed by atoms with Gasteiger partial charge in [0.2, 0.25) is 17.8 Å². The molecule has 0 radical (unpaired) electrons. The summed E-state index contributed by atoms with van der Waals surface area (Å²) in [5.74, 6) is -1.80. The number of furan rings is 1. The number of nitrogens with one attached hydrogen (secondary N) is 2. The molecular formula is C33H35F3N10O6. The molecule has 3 aromatic heterocycles. The first-order valence-corrected chi connectivity index (χ1v) is 16.7. The van der Waals surface area contributed by atoms with E-state index in [1.807, 2.05) is 0 Å². The number of aromatic nitrogens is 4. The second-order valence-electron chi connectivity index (χ2n) is 12.4. The largest absolute Gasteiger partial charge is 0.450 e. The van der Waals surface area contributed by atoms with E-state index in [1.54, 1.807) is 32.9 Å². The van der Waals surface area contributed by atoms with Crippen molar-refractivity contribution >= 4 is 46.4 Å². The monoisotopic (exact) mass is 724 g/mol. The van der Waals surface area contributed by atoms with E-state index >= 15 is 0 Å². The van der Waals surface area contributed by atoms with Gasteiger partial charge in [-0.25, -0.2) is 4.98 Å². The Bertz CT molecular complexity index is 1970. The number of alkyl halides is 3. The molecule has 4 N–H and O–H groups in total.